The van der Waals surface area contributed by atoms with Crippen LogP contribution in [0, 0.1) is 0 Å². The van der Waals surface area contributed by atoms with Gasteiger partial charge in [-0.3, -0.25) is 0 Å². The van der Waals surface area contributed by atoms with Gasteiger partial charge in [0.05, 0.1) is 32.6 Å². The van der Waals surface area contributed by atoms with Crippen LogP contribution in [-0.2, 0) is 12.0 Å². The first-order valence-electron chi connectivity index (χ1n) is 20.0. The minimum atomic E-state index is 0.0720. The highest BCUT2D eigenvalue weighted by molar-refractivity contribution is 5.84. The number of aromatic nitrogens is 1. The Labute approximate surface area is 295 Å². The molecule has 0 aliphatic heterocycles. The highest BCUT2D eigenvalue weighted by Gasteiger charge is 2.40. The van der Waals surface area contributed by atoms with E-state index in [0.29, 0.717) is 0 Å². The summed E-state index contributed by atoms with van der Waals surface area (Å²) in [6.07, 6.45) is 23.1. The summed E-state index contributed by atoms with van der Waals surface area (Å²) in [4.78, 5) is 2.70. The topological polar surface area (TPSA) is 7.12 Å². The first kappa shape index (κ1) is 37.9. The smallest absolute Gasteiger partial charge is 0.169 e. The van der Waals surface area contributed by atoms with E-state index in [1.165, 1.54) is 135 Å². The number of pyridine rings is 1. The number of rotatable bonds is 22. The number of aryl methyl sites for hydroxylation is 1. The van der Waals surface area contributed by atoms with Crippen molar-refractivity contribution in [3.8, 4) is 11.1 Å². The van der Waals surface area contributed by atoms with E-state index in [0.717, 1.165) is 19.4 Å². The minimum absolute atomic E-state index is 0.0720. The average molecular weight is 652 g/mol. The fourth-order valence-corrected chi connectivity index (χ4v) is 8.30. The monoisotopic (exact) mass is 652 g/mol. The summed E-state index contributed by atoms with van der Waals surface area (Å²) in [5.74, 6) is 0. The predicted molar refractivity (Wildman–Crippen MR) is 211 cm³/mol. The maximum atomic E-state index is 2.70. The fourth-order valence-electron chi connectivity index (χ4n) is 8.30. The third kappa shape index (κ3) is 9.00. The number of benzene rings is 2. The van der Waals surface area contributed by atoms with Gasteiger partial charge >= 0.3 is 0 Å². The minimum Gasteiger partial charge on any atom is -0.372 e. The summed E-state index contributed by atoms with van der Waals surface area (Å²) in [7, 11) is 0. The molecule has 48 heavy (non-hydrogen) atoms. The molecule has 0 unspecified atom stereocenters. The summed E-state index contributed by atoms with van der Waals surface area (Å²) >= 11 is 0. The van der Waals surface area contributed by atoms with Crippen molar-refractivity contribution < 1.29 is 9.05 Å². The standard InChI is InChI=1S/C45H69N3/c1-8-15-17-19-31-47(32-20-18-16-9-2)40-25-27-42-41-26-24-39(36-43(41)45(10-3,11-4)44(42)37-40)23-22-38-28-33-46(34-29-38)30-21-35-48(12-5,13-6)14-7/h22-29,33-34,36-37H,8-21,30-32,35H2,1-7H3/q+2. The summed E-state index contributed by atoms with van der Waals surface area (Å²) in [5.41, 5.74) is 10.0. The molecule has 2 aromatic carbocycles. The Hall–Kier alpha value is -2.91. The van der Waals surface area contributed by atoms with E-state index in [1.54, 1.807) is 5.56 Å². The second kappa shape index (κ2) is 18.7. The first-order valence-corrected chi connectivity index (χ1v) is 20.0. The fraction of sp³-hybridized carbons (Fsp3) is 0.578. The second-order valence-electron chi connectivity index (χ2n) is 14.5. The van der Waals surface area contributed by atoms with Crippen molar-refractivity contribution in [2.45, 2.75) is 131 Å². The zero-order chi connectivity index (χ0) is 34.4. The lowest BCUT2D eigenvalue weighted by molar-refractivity contribution is -0.925. The maximum Gasteiger partial charge on any atom is 0.169 e. The van der Waals surface area contributed by atoms with Crippen LogP contribution in [0.2, 0.25) is 0 Å². The molecular weight excluding hydrogens is 583 g/mol. The SMILES string of the molecule is CCCCCCN(CCCCCC)c1ccc2c(c1)C(CC)(CC)c1cc(/C=C/c3cc[n+](CCC[N+](CC)(CC)CC)cc3)ccc1-2. The van der Waals surface area contributed by atoms with Crippen molar-refractivity contribution >= 4 is 17.8 Å². The van der Waals surface area contributed by atoms with Crippen LogP contribution in [0.1, 0.15) is 141 Å². The van der Waals surface area contributed by atoms with Crippen LogP contribution in [0.25, 0.3) is 23.3 Å². The van der Waals surface area contributed by atoms with Crippen LogP contribution in [0.5, 0.6) is 0 Å². The average Bonchev–Trinajstić information content (AvgIpc) is 3.41. The largest absolute Gasteiger partial charge is 0.372 e. The van der Waals surface area contributed by atoms with E-state index in [1.807, 2.05) is 0 Å². The number of fused-ring (bicyclic) bond motifs is 3. The molecule has 3 nitrogen and oxygen atoms in total. The van der Waals surface area contributed by atoms with Crippen molar-refractivity contribution in [2.75, 3.05) is 44.2 Å². The van der Waals surface area contributed by atoms with E-state index in [9.17, 15) is 0 Å². The Bertz CT molecular complexity index is 1390. The van der Waals surface area contributed by atoms with Gasteiger partial charge in [-0.15, -0.1) is 0 Å². The van der Waals surface area contributed by atoms with E-state index in [2.05, 4.69) is 131 Å². The summed E-state index contributed by atoms with van der Waals surface area (Å²) in [5, 5.41) is 0. The summed E-state index contributed by atoms with van der Waals surface area (Å²) in [6.45, 7) is 24.8. The van der Waals surface area contributed by atoms with Gasteiger partial charge in [0.1, 0.15) is 0 Å². The Morgan fingerprint density at radius 3 is 1.73 bits per heavy atom. The van der Waals surface area contributed by atoms with Crippen molar-refractivity contribution in [3.63, 3.8) is 0 Å². The van der Waals surface area contributed by atoms with Crippen LogP contribution in [0.4, 0.5) is 5.69 Å². The molecule has 0 N–H and O–H groups in total. The van der Waals surface area contributed by atoms with Crippen molar-refractivity contribution in [1.29, 1.82) is 0 Å². The number of nitrogens with zero attached hydrogens (tertiary/aromatic N) is 3. The Balaban J connectivity index is 1.51. The molecule has 0 amide bonds. The Morgan fingerprint density at radius 2 is 1.17 bits per heavy atom. The van der Waals surface area contributed by atoms with Gasteiger partial charge < -0.3 is 9.38 Å². The van der Waals surface area contributed by atoms with E-state index in [4.69, 9.17) is 0 Å². The van der Waals surface area contributed by atoms with Gasteiger partial charge in [-0.05, 0) is 92.0 Å². The highest BCUT2D eigenvalue weighted by Crippen LogP contribution is 2.53. The summed E-state index contributed by atoms with van der Waals surface area (Å²) < 4.78 is 3.57. The van der Waals surface area contributed by atoms with Crippen molar-refractivity contribution in [2.24, 2.45) is 0 Å². The van der Waals surface area contributed by atoms with Crippen LogP contribution < -0.4 is 9.47 Å². The van der Waals surface area contributed by atoms with Gasteiger partial charge in [-0.2, -0.15) is 0 Å². The molecule has 262 valence electrons. The molecule has 0 bridgehead atoms. The highest BCUT2D eigenvalue weighted by atomic mass is 15.3. The Morgan fingerprint density at radius 1 is 0.604 bits per heavy atom. The van der Waals surface area contributed by atoms with Gasteiger partial charge in [0.25, 0.3) is 0 Å². The van der Waals surface area contributed by atoms with Crippen LogP contribution >= 0.6 is 0 Å². The normalized spacial score (nSPS) is 13.6. The van der Waals surface area contributed by atoms with Crippen molar-refractivity contribution in [3.05, 3.63) is 83.2 Å². The molecule has 0 atom stereocenters. The summed E-state index contributed by atoms with van der Waals surface area (Å²) in [6, 6.07) is 19.2. The zero-order valence-electron chi connectivity index (χ0n) is 32.0. The zero-order valence-corrected chi connectivity index (χ0v) is 32.0. The lowest BCUT2D eigenvalue weighted by Gasteiger charge is -2.35. The molecule has 4 rings (SSSR count). The van der Waals surface area contributed by atoms with Crippen LogP contribution in [-0.4, -0.2) is 43.8 Å². The lowest BCUT2D eigenvalue weighted by atomic mass is 9.73. The maximum absolute atomic E-state index is 2.70. The van der Waals surface area contributed by atoms with E-state index >= 15 is 0 Å². The number of quaternary nitrogens is 1. The molecular formula is C45H69N3+2. The molecule has 0 saturated carbocycles. The van der Waals surface area contributed by atoms with Crippen LogP contribution in [0.15, 0.2) is 60.9 Å². The van der Waals surface area contributed by atoms with Crippen molar-refractivity contribution in [1.82, 2.24) is 0 Å². The number of hydrogen-bond acceptors (Lipinski definition) is 1. The van der Waals surface area contributed by atoms with E-state index < -0.39 is 0 Å². The number of hydrogen-bond donors (Lipinski definition) is 0. The molecule has 1 heterocycles. The van der Waals surface area contributed by atoms with Gasteiger partial charge in [-0.1, -0.05) is 103 Å². The predicted octanol–water partition coefficient (Wildman–Crippen LogP) is 11.5. The molecule has 1 aliphatic rings. The third-order valence-electron chi connectivity index (χ3n) is 11.9. The number of unbranched alkanes of at least 4 members (excludes halogenated alkanes) is 6. The first-order chi connectivity index (χ1) is 23.4. The molecule has 1 aliphatic carbocycles. The Kier molecular flexibility index (Phi) is 14.8. The molecule has 0 fully saturated rings. The molecule has 0 spiro atoms. The molecule has 1 aromatic heterocycles. The van der Waals surface area contributed by atoms with Gasteiger partial charge in [0.2, 0.25) is 0 Å². The quantitative estimate of drug-likeness (QED) is 0.0596. The molecule has 3 aromatic rings. The molecule has 0 radical (unpaired) electrons. The van der Waals surface area contributed by atoms with Gasteiger partial charge in [0, 0.05) is 36.3 Å². The molecule has 0 saturated heterocycles. The molecule has 3 heteroatoms. The van der Waals surface area contributed by atoms with E-state index in [-0.39, 0.29) is 5.41 Å². The third-order valence-corrected chi connectivity index (χ3v) is 11.9. The van der Waals surface area contributed by atoms with Gasteiger partial charge in [0.15, 0.2) is 18.9 Å². The van der Waals surface area contributed by atoms with Gasteiger partial charge in [-0.25, -0.2) is 4.57 Å². The van der Waals surface area contributed by atoms with Crippen LogP contribution in [0.3, 0.4) is 0 Å². The number of anilines is 1. The lowest BCUT2D eigenvalue weighted by Crippen LogP contribution is -2.49. The second-order valence-corrected chi connectivity index (χ2v) is 14.5.